The smallest absolute Gasteiger partial charge is 0.232 e. The van der Waals surface area contributed by atoms with Crippen LogP contribution in [0.25, 0.3) is 11.0 Å². The van der Waals surface area contributed by atoms with Gasteiger partial charge in [0.2, 0.25) is 10.0 Å². The number of benzene rings is 1. The highest BCUT2D eigenvalue weighted by Gasteiger charge is 2.21. The first-order valence-corrected chi connectivity index (χ1v) is 12.3. The number of rotatable bonds is 6. The van der Waals surface area contributed by atoms with Crippen molar-refractivity contribution in [3.8, 4) is 0 Å². The third-order valence-corrected chi connectivity index (χ3v) is 5.15. The number of nitrogens with zero attached hydrogens (tertiary/aromatic N) is 1. The van der Waals surface area contributed by atoms with E-state index in [-0.39, 0.29) is 22.6 Å². The molecule has 2 heterocycles. The van der Waals surface area contributed by atoms with Crippen molar-refractivity contribution >= 4 is 32.5 Å². The Kier molecular flexibility index (Phi) is 13.0. The molecular weight excluding hydrogens is 417 g/mol. The first kappa shape index (κ1) is 28.3. The van der Waals surface area contributed by atoms with Crippen molar-refractivity contribution in [1.29, 1.82) is 0 Å². The van der Waals surface area contributed by atoms with Crippen molar-refractivity contribution in [2.75, 3.05) is 10.5 Å². The Labute approximate surface area is 185 Å². The molecule has 0 bridgehead atoms. The molecule has 1 aromatic carbocycles. The summed E-state index contributed by atoms with van der Waals surface area (Å²) in [5, 5.41) is 0.573. The lowest BCUT2D eigenvalue weighted by molar-refractivity contribution is 0.103. The molecule has 0 atom stereocenters. The van der Waals surface area contributed by atoms with Gasteiger partial charge in [-0.25, -0.2) is 17.8 Å². The molecule has 6 nitrogen and oxygen atoms in total. The van der Waals surface area contributed by atoms with E-state index in [4.69, 9.17) is 0 Å². The lowest BCUT2D eigenvalue weighted by Gasteiger charge is -2.10. The second kappa shape index (κ2) is 14.3. The van der Waals surface area contributed by atoms with Gasteiger partial charge < -0.3 is 4.98 Å². The standard InChI is InChI=1S/C17H16FN3O3S.3C2H6/c1-2-9-25(23,24)21-14-7-3-5-12(15(14)18)16(22)13-10-20-17-11(13)6-4-8-19-17;3*1-2/h3-8,10,21H,2,9H2,1H3,(H,19,20);3*1-2H3. The zero-order chi connectivity index (χ0) is 24.0. The maximum atomic E-state index is 14.7. The summed E-state index contributed by atoms with van der Waals surface area (Å²) in [4.78, 5) is 19.7. The van der Waals surface area contributed by atoms with E-state index in [0.29, 0.717) is 17.5 Å². The van der Waals surface area contributed by atoms with Crippen LogP contribution in [-0.2, 0) is 10.0 Å². The van der Waals surface area contributed by atoms with Crippen LogP contribution in [0.5, 0.6) is 0 Å². The van der Waals surface area contributed by atoms with Gasteiger partial charge in [0.1, 0.15) is 5.65 Å². The van der Waals surface area contributed by atoms with Crippen LogP contribution in [0.15, 0.2) is 42.7 Å². The fourth-order valence-electron chi connectivity index (χ4n) is 2.56. The van der Waals surface area contributed by atoms with Gasteiger partial charge in [-0.3, -0.25) is 9.52 Å². The molecule has 8 heteroatoms. The zero-order valence-electron chi connectivity index (χ0n) is 19.4. The number of aromatic nitrogens is 2. The van der Waals surface area contributed by atoms with Crippen LogP contribution in [0, 0.1) is 5.82 Å². The Morgan fingerprint density at radius 1 is 1.03 bits per heavy atom. The van der Waals surface area contributed by atoms with Gasteiger partial charge in [-0.2, -0.15) is 0 Å². The summed E-state index contributed by atoms with van der Waals surface area (Å²) >= 11 is 0. The third kappa shape index (κ3) is 7.47. The highest BCUT2D eigenvalue weighted by molar-refractivity contribution is 7.92. The van der Waals surface area contributed by atoms with Crippen molar-refractivity contribution in [3.05, 3.63) is 59.7 Å². The molecule has 0 fully saturated rings. The lowest BCUT2D eigenvalue weighted by atomic mass is 10.0. The second-order valence-corrected chi connectivity index (χ2v) is 7.36. The lowest BCUT2D eigenvalue weighted by Crippen LogP contribution is -2.18. The Morgan fingerprint density at radius 3 is 2.29 bits per heavy atom. The number of sulfonamides is 1. The molecule has 0 saturated carbocycles. The molecule has 3 rings (SSSR count). The predicted molar refractivity (Wildman–Crippen MR) is 128 cm³/mol. The van der Waals surface area contributed by atoms with Crippen LogP contribution >= 0.6 is 0 Å². The molecule has 0 saturated heterocycles. The number of fused-ring (bicyclic) bond motifs is 1. The molecule has 172 valence electrons. The number of hydrogen-bond acceptors (Lipinski definition) is 4. The molecule has 0 radical (unpaired) electrons. The molecule has 0 amide bonds. The predicted octanol–water partition coefficient (Wildman–Crippen LogP) is 6.16. The van der Waals surface area contributed by atoms with Crippen LogP contribution in [-0.4, -0.2) is 29.9 Å². The first-order valence-electron chi connectivity index (χ1n) is 10.7. The molecule has 3 aromatic rings. The van der Waals surface area contributed by atoms with Gasteiger partial charge in [0.15, 0.2) is 11.6 Å². The van der Waals surface area contributed by atoms with E-state index in [9.17, 15) is 17.6 Å². The summed E-state index contributed by atoms with van der Waals surface area (Å²) in [5.74, 6) is -1.57. The van der Waals surface area contributed by atoms with Crippen LogP contribution < -0.4 is 4.72 Å². The molecule has 0 aliphatic carbocycles. The molecule has 0 aliphatic rings. The number of H-pyrrole nitrogens is 1. The van der Waals surface area contributed by atoms with Gasteiger partial charge >= 0.3 is 0 Å². The SMILES string of the molecule is CC.CC.CC.CCCS(=O)(=O)Nc1cccc(C(=O)c2c[nH]c3ncccc23)c1F. The molecule has 2 aromatic heterocycles. The van der Waals surface area contributed by atoms with Gasteiger partial charge in [0.05, 0.1) is 17.0 Å². The summed E-state index contributed by atoms with van der Waals surface area (Å²) in [6.07, 6.45) is 3.45. The highest BCUT2D eigenvalue weighted by Crippen LogP contribution is 2.25. The van der Waals surface area contributed by atoms with Gasteiger partial charge in [-0.15, -0.1) is 0 Å². The minimum absolute atomic E-state index is 0.126. The number of pyridine rings is 1. The number of hydrogen-bond donors (Lipinski definition) is 2. The Morgan fingerprint density at radius 2 is 1.68 bits per heavy atom. The van der Waals surface area contributed by atoms with Gasteiger partial charge in [-0.05, 0) is 30.7 Å². The average Bonchev–Trinajstić information content (AvgIpc) is 3.23. The number of halogens is 1. The topological polar surface area (TPSA) is 91.9 Å². The maximum Gasteiger partial charge on any atom is 0.232 e. The van der Waals surface area contributed by atoms with Crippen LogP contribution in [0.4, 0.5) is 10.1 Å². The molecule has 0 spiro atoms. The van der Waals surface area contributed by atoms with E-state index >= 15 is 0 Å². The van der Waals surface area contributed by atoms with E-state index in [1.165, 1.54) is 24.4 Å². The van der Waals surface area contributed by atoms with E-state index in [0.717, 1.165) is 0 Å². The normalized spacial score (nSPS) is 9.94. The van der Waals surface area contributed by atoms with Gasteiger partial charge in [0, 0.05) is 23.3 Å². The van der Waals surface area contributed by atoms with Crippen molar-refractivity contribution in [2.45, 2.75) is 54.9 Å². The summed E-state index contributed by atoms with van der Waals surface area (Å²) in [7, 11) is -3.66. The highest BCUT2D eigenvalue weighted by atomic mass is 32.2. The number of carbonyl (C=O) groups is 1. The third-order valence-electron chi connectivity index (χ3n) is 3.68. The fourth-order valence-corrected chi connectivity index (χ4v) is 3.69. The van der Waals surface area contributed by atoms with E-state index < -0.39 is 21.6 Å². The average molecular weight is 452 g/mol. The summed E-state index contributed by atoms with van der Waals surface area (Å²) in [6.45, 7) is 13.7. The fraction of sp³-hybridized carbons (Fsp3) is 0.391. The largest absolute Gasteiger partial charge is 0.345 e. The Hall–Kier alpha value is -2.74. The molecule has 2 N–H and O–H groups in total. The van der Waals surface area contributed by atoms with Gasteiger partial charge in [0.25, 0.3) is 0 Å². The summed E-state index contributed by atoms with van der Waals surface area (Å²) < 4.78 is 40.6. The van der Waals surface area contributed by atoms with E-state index in [2.05, 4.69) is 14.7 Å². The van der Waals surface area contributed by atoms with Gasteiger partial charge in [-0.1, -0.05) is 54.5 Å². The minimum atomic E-state index is -3.66. The number of anilines is 1. The second-order valence-electron chi connectivity index (χ2n) is 5.52. The zero-order valence-corrected chi connectivity index (χ0v) is 20.2. The molecule has 0 aliphatic heterocycles. The number of carbonyl (C=O) groups excluding carboxylic acids is 1. The maximum absolute atomic E-state index is 14.7. The monoisotopic (exact) mass is 451 g/mol. The molecule has 31 heavy (non-hydrogen) atoms. The number of nitrogens with one attached hydrogen (secondary N) is 2. The molecular formula is C23H34FN3O3S. The van der Waals surface area contributed by atoms with E-state index in [1.54, 1.807) is 25.3 Å². The van der Waals surface area contributed by atoms with Crippen molar-refractivity contribution in [2.24, 2.45) is 0 Å². The first-order chi connectivity index (χ1) is 14.9. The van der Waals surface area contributed by atoms with Crippen molar-refractivity contribution in [3.63, 3.8) is 0 Å². The molecule has 0 unspecified atom stereocenters. The van der Waals surface area contributed by atoms with Crippen LogP contribution in [0.1, 0.15) is 70.8 Å². The Balaban J connectivity index is 0.00000138. The van der Waals surface area contributed by atoms with E-state index in [1.807, 2.05) is 41.5 Å². The summed E-state index contributed by atoms with van der Waals surface area (Å²) in [6, 6.07) is 7.43. The number of ketones is 1. The minimum Gasteiger partial charge on any atom is -0.345 e. The van der Waals surface area contributed by atoms with Crippen molar-refractivity contribution in [1.82, 2.24) is 9.97 Å². The quantitative estimate of drug-likeness (QED) is 0.439. The Bertz CT molecular complexity index is 1050. The van der Waals surface area contributed by atoms with Crippen LogP contribution in [0.3, 0.4) is 0 Å². The van der Waals surface area contributed by atoms with Crippen molar-refractivity contribution < 1.29 is 17.6 Å². The van der Waals surface area contributed by atoms with Crippen LogP contribution in [0.2, 0.25) is 0 Å². The summed E-state index contributed by atoms with van der Waals surface area (Å²) in [5.41, 5.74) is 0.348. The number of aromatic amines is 1.